The molecule has 2 heterocycles. The number of aromatic amines is 1. The molecule has 1 aromatic heterocycles. The fraction of sp³-hybridized carbons (Fsp3) is 0.440. The van der Waals surface area contributed by atoms with Crippen molar-refractivity contribution in [3.63, 3.8) is 0 Å². The average molecular weight is 401 g/mol. The summed E-state index contributed by atoms with van der Waals surface area (Å²) in [6.07, 6.45) is 7.83. The summed E-state index contributed by atoms with van der Waals surface area (Å²) in [4.78, 5) is 20.3. The van der Waals surface area contributed by atoms with Crippen LogP contribution in [0.4, 0.5) is 0 Å². The van der Waals surface area contributed by atoms with Gasteiger partial charge in [-0.2, -0.15) is 0 Å². The zero-order valence-electron chi connectivity index (χ0n) is 17.2. The molecule has 0 radical (unpaired) electrons. The Morgan fingerprint density at radius 2 is 1.77 bits per heavy atom. The lowest BCUT2D eigenvalue weighted by Crippen LogP contribution is -2.31. The number of nitrogens with zero attached hydrogens (tertiary/aromatic N) is 1. The van der Waals surface area contributed by atoms with E-state index < -0.39 is 0 Å². The van der Waals surface area contributed by atoms with E-state index >= 15 is 0 Å². The largest absolute Gasteiger partial charge is 0.352 e. The van der Waals surface area contributed by atoms with Crippen LogP contribution in [0.2, 0.25) is 0 Å². The smallest absolute Gasteiger partial charge is 0.224 e. The van der Waals surface area contributed by atoms with Gasteiger partial charge in [-0.3, -0.25) is 4.79 Å². The van der Waals surface area contributed by atoms with Gasteiger partial charge in [0.05, 0.1) is 23.3 Å². The second-order valence-electron chi connectivity index (χ2n) is 9.35. The van der Waals surface area contributed by atoms with Crippen molar-refractivity contribution in [1.29, 1.82) is 0 Å². The molecule has 1 amide bonds. The van der Waals surface area contributed by atoms with Gasteiger partial charge in [-0.25, -0.2) is 4.98 Å². The number of hydrogen-bond donors (Lipinski definition) is 3. The van der Waals surface area contributed by atoms with Gasteiger partial charge >= 0.3 is 0 Å². The minimum Gasteiger partial charge on any atom is -0.352 e. The van der Waals surface area contributed by atoms with E-state index in [1.807, 2.05) is 6.07 Å². The first kappa shape index (κ1) is 18.1. The second kappa shape index (κ2) is 7.24. The number of benzene rings is 2. The third-order valence-electron chi connectivity index (χ3n) is 6.95. The summed E-state index contributed by atoms with van der Waals surface area (Å²) in [6, 6.07) is 13.6. The number of carbonyl (C=O) groups excluding carboxylic acids is 1. The summed E-state index contributed by atoms with van der Waals surface area (Å²) in [5.74, 6) is 1.69. The summed E-state index contributed by atoms with van der Waals surface area (Å²) in [5, 5.41) is 6.74. The molecule has 1 aliphatic heterocycles. The molecule has 0 bridgehead atoms. The number of H-pyrrole nitrogens is 1. The highest BCUT2D eigenvalue weighted by Gasteiger charge is 2.31. The Kier molecular flexibility index (Phi) is 4.38. The Bertz CT molecular complexity index is 1070. The Labute approximate surface area is 176 Å². The van der Waals surface area contributed by atoms with Crippen LogP contribution in [0.25, 0.3) is 11.0 Å². The fourth-order valence-electron chi connectivity index (χ4n) is 4.85. The van der Waals surface area contributed by atoms with Crippen molar-refractivity contribution in [2.45, 2.75) is 56.5 Å². The molecule has 1 unspecified atom stereocenters. The molecule has 1 saturated heterocycles. The minimum atomic E-state index is 0.0157. The van der Waals surface area contributed by atoms with Gasteiger partial charge in [-0.15, -0.1) is 0 Å². The van der Waals surface area contributed by atoms with E-state index in [4.69, 9.17) is 0 Å². The molecule has 2 saturated carbocycles. The quantitative estimate of drug-likeness (QED) is 0.578. The van der Waals surface area contributed by atoms with E-state index in [1.54, 1.807) is 6.33 Å². The topological polar surface area (TPSA) is 69.8 Å². The van der Waals surface area contributed by atoms with Crippen molar-refractivity contribution >= 4 is 16.9 Å². The van der Waals surface area contributed by atoms with Crippen LogP contribution in [-0.4, -0.2) is 22.4 Å². The van der Waals surface area contributed by atoms with Crippen molar-refractivity contribution in [2.75, 3.05) is 6.54 Å². The molecule has 154 valence electrons. The van der Waals surface area contributed by atoms with Gasteiger partial charge in [-0.1, -0.05) is 24.3 Å². The summed E-state index contributed by atoms with van der Waals surface area (Å²) in [6.45, 7) is 1.37. The molecular formula is C25H28N4O. The van der Waals surface area contributed by atoms with Crippen molar-refractivity contribution < 1.29 is 4.79 Å². The molecule has 3 aromatic rings. The zero-order chi connectivity index (χ0) is 20.1. The van der Waals surface area contributed by atoms with Gasteiger partial charge in [-0.05, 0) is 78.3 Å². The molecule has 5 heteroatoms. The number of imidazole rings is 1. The Balaban J connectivity index is 1.10. The van der Waals surface area contributed by atoms with Gasteiger partial charge in [0.25, 0.3) is 0 Å². The molecule has 0 spiro atoms. The maximum atomic E-state index is 12.9. The number of carbonyl (C=O) groups is 1. The lowest BCUT2D eigenvalue weighted by Gasteiger charge is -2.13. The van der Waals surface area contributed by atoms with Gasteiger partial charge < -0.3 is 15.6 Å². The van der Waals surface area contributed by atoms with Crippen molar-refractivity contribution in [3.8, 4) is 0 Å². The van der Waals surface area contributed by atoms with Gasteiger partial charge in [0, 0.05) is 19.1 Å². The van der Waals surface area contributed by atoms with Gasteiger partial charge in [0.2, 0.25) is 5.91 Å². The number of rotatable bonds is 6. The second-order valence-corrected chi connectivity index (χ2v) is 9.35. The van der Waals surface area contributed by atoms with Crippen LogP contribution in [0.5, 0.6) is 0 Å². The lowest BCUT2D eigenvalue weighted by molar-refractivity contribution is -0.124. The Hall–Kier alpha value is -2.66. The number of amides is 1. The van der Waals surface area contributed by atoms with Crippen LogP contribution in [0.15, 0.2) is 42.7 Å². The number of nitrogens with one attached hydrogen (secondary N) is 3. The first-order chi connectivity index (χ1) is 14.7. The Morgan fingerprint density at radius 3 is 2.50 bits per heavy atom. The first-order valence-electron chi connectivity index (χ1n) is 11.3. The van der Waals surface area contributed by atoms with Crippen LogP contribution >= 0.6 is 0 Å². The van der Waals surface area contributed by atoms with Crippen LogP contribution in [-0.2, 0) is 11.3 Å². The monoisotopic (exact) mass is 400 g/mol. The van der Waals surface area contributed by atoms with Gasteiger partial charge in [0.15, 0.2) is 0 Å². The van der Waals surface area contributed by atoms with E-state index in [0.29, 0.717) is 6.54 Å². The van der Waals surface area contributed by atoms with Crippen LogP contribution in [0.3, 0.4) is 0 Å². The number of fused-ring (bicyclic) bond motifs is 1. The van der Waals surface area contributed by atoms with Crippen molar-refractivity contribution in [3.05, 3.63) is 65.0 Å². The number of hydrogen-bond acceptors (Lipinski definition) is 3. The summed E-state index contributed by atoms with van der Waals surface area (Å²) in [5.41, 5.74) is 7.48. The predicted molar refractivity (Wildman–Crippen MR) is 117 cm³/mol. The van der Waals surface area contributed by atoms with Crippen LogP contribution < -0.4 is 10.6 Å². The van der Waals surface area contributed by atoms with Crippen molar-refractivity contribution in [2.24, 2.45) is 5.92 Å². The summed E-state index contributed by atoms with van der Waals surface area (Å²) < 4.78 is 0. The number of aromatic nitrogens is 2. The highest BCUT2D eigenvalue weighted by Crippen LogP contribution is 2.45. The summed E-state index contributed by atoms with van der Waals surface area (Å²) in [7, 11) is 0. The molecule has 3 N–H and O–H groups in total. The Morgan fingerprint density at radius 1 is 1.00 bits per heavy atom. The van der Waals surface area contributed by atoms with E-state index in [0.717, 1.165) is 35.8 Å². The lowest BCUT2D eigenvalue weighted by atomic mass is 9.98. The van der Waals surface area contributed by atoms with E-state index in [9.17, 15) is 4.79 Å². The molecule has 6 rings (SSSR count). The van der Waals surface area contributed by atoms with Gasteiger partial charge in [0.1, 0.15) is 0 Å². The first-order valence-corrected chi connectivity index (χ1v) is 11.3. The average Bonchev–Trinajstić information content (AvgIpc) is 3.70. The molecule has 30 heavy (non-hydrogen) atoms. The maximum absolute atomic E-state index is 12.9. The predicted octanol–water partition coefficient (Wildman–Crippen LogP) is 4.28. The van der Waals surface area contributed by atoms with Crippen LogP contribution in [0, 0.1) is 5.92 Å². The standard InChI is InChI=1S/C25H28N4O/c30-25(21-11-23(26-13-21)18-5-6-22-24(10-18)29-14-28-22)27-12-15-7-19(16-1-2-16)9-20(8-15)17-3-4-17/h5-10,14,16-17,21,23,26H,1-4,11-13H2,(H,27,30)(H,28,29)/t21-,23?/m1/s1. The summed E-state index contributed by atoms with van der Waals surface area (Å²) >= 11 is 0. The van der Waals surface area contributed by atoms with Crippen LogP contribution in [0.1, 0.15) is 72.2 Å². The zero-order valence-corrected chi connectivity index (χ0v) is 17.2. The molecule has 5 nitrogen and oxygen atoms in total. The molecule has 2 aromatic carbocycles. The SMILES string of the molecule is O=C(NCc1cc(C2CC2)cc(C2CC2)c1)[C@H]1CNC(c2ccc3nc[nH]c3c2)C1. The maximum Gasteiger partial charge on any atom is 0.224 e. The van der Waals surface area contributed by atoms with E-state index in [-0.39, 0.29) is 17.9 Å². The molecule has 2 atom stereocenters. The van der Waals surface area contributed by atoms with Crippen molar-refractivity contribution in [1.82, 2.24) is 20.6 Å². The molecule has 2 aliphatic carbocycles. The normalized spacial score (nSPS) is 23.7. The van der Waals surface area contributed by atoms with E-state index in [2.05, 4.69) is 50.9 Å². The highest BCUT2D eigenvalue weighted by molar-refractivity contribution is 5.79. The molecular weight excluding hydrogens is 372 g/mol. The minimum absolute atomic E-state index is 0.0157. The van der Waals surface area contributed by atoms with E-state index in [1.165, 1.54) is 47.9 Å². The highest BCUT2D eigenvalue weighted by atomic mass is 16.1. The third kappa shape index (κ3) is 3.63. The molecule has 3 fully saturated rings. The fourth-order valence-corrected chi connectivity index (χ4v) is 4.85. The third-order valence-corrected chi connectivity index (χ3v) is 6.95. The molecule has 3 aliphatic rings.